The molecule has 0 spiro atoms. The largest absolute Gasteiger partial charge is 0.469 e. The molecule has 1 heterocycles. The number of furan rings is 1. The summed E-state index contributed by atoms with van der Waals surface area (Å²) in [6.07, 6.45) is 1.85. The number of aliphatic hydroxyl groups is 1. The van der Waals surface area contributed by atoms with Crippen LogP contribution in [-0.4, -0.2) is 20.1 Å². The molecule has 0 aliphatic carbocycles. The van der Waals surface area contributed by atoms with Gasteiger partial charge in [0.05, 0.1) is 12.9 Å². The lowest BCUT2D eigenvalue weighted by atomic mass is 10.2. The van der Waals surface area contributed by atoms with E-state index in [9.17, 15) is 12.8 Å². The third kappa shape index (κ3) is 3.91. The molecule has 0 fully saturated rings. The number of aliphatic hydroxyl groups excluding tert-OH is 1. The van der Waals surface area contributed by atoms with E-state index >= 15 is 0 Å². The van der Waals surface area contributed by atoms with Crippen LogP contribution in [0, 0.1) is 5.82 Å². The zero-order chi connectivity index (χ0) is 15.5. The van der Waals surface area contributed by atoms with Gasteiger partial charge in [0.2, 0.25) is 10.0 Å². The molecule has 0 saturated heterocycles. The summed E-state index contributed by atoms with van der Waals surface area (Å²) in [5.74, 6) is -0.324. The molecular formula is C13H13BrFNO4S. The number of rotatable bonds is 6. The summed E-state index contributed by atoms with van der Waals surface area (Å²) < 4.78 is 46.0. The number of nitrogens with one attached hydrogen (secondary N) is 1. The standard InChI is InChI=1S/C13H13BrFNO4S/c14-10-6-9(8-17)13(15)12(7-10)21(18,19)16-4-3-11-2-1-5-20-11/h1-2,5-7,16-17H,3-4,8H2. The van der Waals surface area contributed by atoms with Crippen LogP contribution in [0.4, 0.5) is 4.39 Å². The highest BCUT2D eigenvalue weighted by molar-refractivity contribution is 9.10. The molecule has 21 heavy (non-hydrogen) atoms. The molecule has 1 aromatic heterocycles. The van der Waals surface area contributed by atoms with Crippen LogP contribution < -0.4 is 4.72 Å². The van der Waals surface area contributed by atoms with Crippen molar-refractivity contribution in [3.63, 3.8) is 0 Å². The molecule has 0 saturated carbocycles. The van der Waals surface area contributed by atoms with Crippen molar-refractivity contribution in [3.8, 4) is 0 Å². The van der Waals surface area contributed by atoms with Crippen LogP contribution in [0.5, 0.6) is 0 Å². The van der Waals surface area contributed by atoms with Crippen LogP contribution in [-0.2, 0) is 23.1 Å². The molecule has 8 heteroatoms. The Hall–Kier alpha value is -1.22. The molecule has 114 valence electrons. The van der Waals surface area contributed by atoms with Crippen molar-refractivity contribution in [2.75, 3.05) is 6.54 Å². The lowest BCUT2D eigenvalue weighted by Gasteiger charge is -2.10. The number of hydrogen-bond acceptors (Lipinski definition) is 4. The third-order valence-corrected chi connectivity index (χ3v) is 4.70. The van der Waals surface area contributed by atoms with Crippen molar-refractivity contribution in [1.29, 1.82) is 0 Å². The van der Waals surface area contributed by atoms with Crippen LogP contribution in [0.1, 0.15) is 11.3 Å². The fourth-order valence-corrected chi connectivity index (χ4v) is 3.60. The van der Waals surface area contributed by atoms with Gasteiger partial charge >= 0.3 is 0 Å². The Kier molecular flexibility index (Phi) is 5.15. The van der Waals surface area contributed by atoms with E-state index in [2.05, 4.69) is 20.7 Å². The van der Waals surface area contributed by atoms with E-state index < -0.39 is 27.3 Å². The summed E-state index contributed by atoms with van der Waals surface area (Å²) in [6.45, 7) is -0.504. The second kappa shape index (κ2) is 6.69. The molecule has 0 atom stereocenters. The highest BCUT2D eigenvalue weighted by Crippen LogP contribution is 2.24. The first-order valence-corrected chi connectivity index (χ1v) is 8.32. The van der Waals surface area contributed by atoms with Crippen molar-refractivity contribution in [1.82, 2.24) is 4.72 Å². The summed E-state index contributed by atoms with van der Waals surface area (Å²) >= 11 is 3.10. The lowest BCUT2D eigenvalue weighted by molar-refractivity contribution is 0.274. The Bertz CT molecular complexity index is 716. The topological polar surface area (TPSA) is 79.5 Å². The smallest absolute Gasteiger partial charge is 0.243 e. The Morgan fingerprint density at radius 3 is 2.76 bits per heavy atom. The maximum atomic E-state index is 14.0. The van der Waals surface area contributed by atoms with Gasteiger partial charge in [-0.2, -0.15) is 0 Å². The summed E-state index contributed by atoms with van der Waals surface area (Å²) in [5.41, 5.74) is -0.0872. The molecule has 2 aromatic rings. The summed E-state index contributed by atoms with van der Waals surface area (Å²) in [6, 6.07) is 5.91. The van der Waals surface area contributed by atoms with Crippen LogP contribution in [0.15, 0.2) is 44.3 Å². The molecule has 0 amide bonds. The van der Waals surface area contributed by atoms with E-state index in [0.29, 0.717) is 16.7 Å². The number of hydrogen-bond donors (Lipinski definition) is 2. The molecule has 0 bridgehead atoms. The van der Waals surface area contributed by atoms with Crippen LogP contribution in [0.2, 0.25) is 0 Å². The summed E-state index contributed by atoms with van der Waals surface area (Å²) in [5, 5.41) is 9.05. The van der Waals surface area contributed by atoms with Crippen molar-refractivity contribution in [3.05, 3.63) is 52.1 Å². The van der Waals surface area contributed by atoms with Crippen LogP contribution in [0.25, 0.3) is 0 Å². The van der Waals surface area contributed by atoms with E-state index in [1.807, 2.05) is 0 Å². The zero-order valence-electron chi connectivity index (χ0n) is 10.8. The molecule has 0 aliphatic rings. The van der Waals surface area contributed by atoms with Crippen molar-refractivity contribution < 1.29 is 22.3 Å². The van der Waals surface area contributed by atoms with Gasteiger partial charge in [0.25, 0.3) is 0 Å². The van der Waals surface area contributed by atoms with Gasteiger partial charge in [0, 0.05) is 23.0 Å². The first-order valence-electron chi connectivity index (χ1n) is 6.05. The minimum atomic E-state index is -4.01. The molecule has 2 rings (SSSR count). The fourth-order valence-electron chi connectivity index (χ4n) is 1.77. The van der Waals surface area contributed by atoms with E-state index in [1.54, 1.807) is 12.1 Å². The van der Waals surface area contributed by atoms with Crippen molar-refractivity contribution >= 4 is 26.0 Å². The minimum Gasteiger partial charge on any atom is -0.469 e. The van der Waals surface area contributed by atoms with Gasteiger partial charge in [-0.15, -0.1) is 0 Å². The summed E-state index contributed by atoms with van der Waals surface area (Å²) in [7, 11) is -4.01. The second-order valence-corrected chi connectivity index (χ2v) is 6.91. The summed E-state index contributed by atoms with van der Waals surface area (Å²) in [4.78, 5) is -0.500. The van der Waals surface area contributed by atoms with Gasteiger partial charge in [-0.25, -0.2) is 17.5 Å². The highest BCUT2D eigenvalue weighted by Gasteiger charge is 2.22. The van der Waals surface area contributed by atoms with Gasteiger partial charge in [-0.1, -0.05) is 15.9 Å². The second-order valence-electron chi connectivity index (χ2n) is 4.26. The molecule has 0 radical (unpaired) electrons. The highest BCUT2D eigenvalue weighted by atomic mass is 79.9. The number of sulfonamides is 1. The predicted molar refractivity (Wildman–Crippen MR) is 77.6 cm³/mol. The Morgan fingerprint density at radius 1 is 1.38 bits per heavy atom. The number of halogens is 2. The fraction of sp³-hybridized carbons (Fsp3) is 0.231. The molecule has 5 nitrogen and oxygen atoms in total. The van der Waals surface area contributed by atoms with Gasteiger partial charge < -0.3 is 9.52 Å². The monoisotopic (exact) mass is 377 g/mol. The van der Waals surface area contributed by atoms with Gasteiger partial charge in [0.15, 0.2) is 0 Å². The maximum absolute atomic E-state index is 14.0. The first-order chi connectivity index (χ1) is 9.94. The Labute approximate surface area is 130 Å². The van der Waals surface area contributed by atoms with Gasteiger partial charge in [-0.05, 0) is 24.3 Å². The SMILES string of the molecule is O=S(=O)(NCCc1ccco1)c1cc(Br)cc(CO)c1F. The third-order valence-electron chi connectivity index (χ3n) is 2.78. The Morgan fingerprint density at radius 2 is 2.14 bits per heavy atom. The van der Waals surface area contributed by atoms with Crippen molar-refractivity contribution in [2.45, 2.75) is 17.9 Å². The van der Waals surface area contributed by atoms with Crippen LogP contribution >= 0.6 is 15.9 Å². The molecule has 0 aliphatic heterocycles. The Balaban J connectivity index is 2.17. The van der Waals surface area contributed by atoms with E-state index in [-0.39, 0.29) is 12.1 Å². The first kappa shape index (κ1) is 16.2. The van der Waals surface area contributed by atoms with Gasteiger partial charge in [0.1, 0.15) is 16.5 Å². The minimum absolute atomic E-state index is 0.0796. The molecule has 1 aromatic carbocycles. The van der Waals surface area contributed by atoms with Crippen molar-refractivity contribution in [2.24, 2.45) is 0 Å². The van der Waals surface area contributed by atoms with E-state index in [1.165, 1.54) is 12.3 Å². The molecular weight excluding hydrogens is 365 g/mol. The molecule has 0 unspecified atom stereocenters. The van der Waals surface area contributed by atoms with Gasteiger partial charge in [-0.3, -0.25) is 0 Å². The average molecular weight is 378 g/mol. The zero-order valence-corrected chi connectivity index (χ0v) is 13.2. The average Bonchev–Trinajstić information content (AvgIpc) is 2.93. The van der Waals surface area contributed by atoms with E-state index in [4.69, 9.17) is 9.52 Å². The number of benzene rings is 1. The van der Waals surface area contributed by atoms with Crippen LogP contribution in [0.3, 0.4) is 0 Å². The van der Waals surface area contributed by atoms with E-state index in [0.717, 1.165) is 6.07 Å². The quantitative estimate of drug-likeness (QED) is 0.808. The maximum Gasteiger partial charge on any atom is 0.243 e. The molecule has 2 N–H and O–H groups in total. The lowest BCUT2D eigenvalue weighted by Crippen LogP contribution is -2.27. The predicted octanol–water partition coefficient (Wildman–Crippen LogP) is 2.19. The normalized spacial score (nSPS) is 11.8.